The minimum Gasteiger partial charge on any atom is -0.346 e. The molecular weight excluding hydrogens is 274 g/mol. The molecule has 0 spiro atoms. The fourth-order valence-corrected chi connectivity index (χ4v) is 2.75. The van der Waals surface area contributed by atoms with Crippen molar-refractivity contribution in [1.82, 2.24) is 19.7 Å². The number of hydrogen-bond donors (Lipinski definition) is 2. The van der Waals surface area contributed by atoms with E-state index >= 15 is 0 Å². The Labute approximate surface area is 119 Å². The van der Waals surface area contributed by atoms with Crippen LogP contribution in [0.25, 0.3) is 0 Å². The van der Waals surface area contributed by atoms with Gasteiger partial charge in [-0.2, -0.15) is 21.4 Å². The number of amides is 1. The van der Waals surface area contributed by atoms with Crippen LogP contribution in [0.15, 0.2) is 47.7 Å². The lowest BCUT2D eigenvalue weighted by atomic mass is 10.1. The monoisotopic (exact) mass is 287 g/mol. The summed E-state index contributed by atoms with van der Waals surface area (Å²) in [5.41, 5.74) is 1.12. The van der Waals surface area contributed by atoms with Gasteiger partial charge in [0.2, 0.25) is 11.9 Å². The summed E-state index contributed by atoms with van der Waals surface area (Å²) in [6, 6.07) is 5.93. The minimum atomic E-state index is -0.105. The van der Waals surface area contributed by atoms with Gasteiger partial charge in [-0.25, -0.2) is 5.10 Å². The number of aromatic amines is 1. The van der Waals surface area contributed by atoms with Crippen molar-refractivity contribution < 1.29 is 4.79 Å². The van der Waals surface area contributed by atoms with Gasteiger partial charge < -0.3 is 4.57 Å². The predicted molar refractivity (Wildman–Crippen MR) is 76.5 cm³/mol. The molecular formula is C13H13N5OS. The van der Waals surface area contributed by atoms with Crippen molar-refractivity contribution in [3.8, 4) is 0 Å². The summed E-state index contributed by atoms with van der Waals surface area (Å²) in [4.78, 5) is 16.0. The lowest BCUT2D eigenvalue weighted by Crippen LogP contribution is -2.19. The maximum atomic E-state index is 12.1. The average molecular weight is 287 g/mol. The highest BCUT2D eigenvalue weighted by atomic mass is 32.1. The molecule has 3 rings (SSSR count). The number of H-pyrrole nitrogens is 1. The molecule has 0 aliphatic heterocycles. The molecule has 0 aliphatic carbocycles. The Morgan fingerprint density at radius 2 is 2.30 bits per heavy atom. The molecule has 0 bridgehead atoms. The predicted octanol–water partition coefficient (Wildman–Crippen LogP) is 2.29. The van der Waals surface area contributed by atoms with Crippen molar-refractivity contribution in [2.75, 3.05) is 5.32 Å². The van der Waals surface area contributed by atoms with E-state index in [9.17, 15) is 4.79 Å². The fraction of sp³-hybridized carbons (Fsp3) is 0.154. The highest BCUT2D eigenvalue weighted by molar-refractivity contribution is 7.07. The Morgan fingerprint density at radius 3 is 2.95 bits per heavy atom. The summed E-state index contributed by atoms with van der Waals surface area (Å²) in [5, 5.41) is 13.1. The maximum Gasteiger partial charge on any atom is 0.229 e. The first-order chi connectivity index (χ1) is 9.83. The van der Waals surface area contributed by atoms with Crippen LogP contribution in [0.2, 0.25) is 0 Å². The van der Waals surface area contributed by atoms with Crippen LogP contribution in [-0.4, -0.2) is 25.7 Å². The molecule has 2 N–H and O–H groups in total. The second-order valence-corrected chi connectivity index (χ2v) is 5.07. The first-order valence-electron chi connectivity index (χ1n) is 6.12. The van der Waals surface area contributed by atoms with Gasteiger partial charge in [-0.1, -0.05) is 0 Å². The Bertz CT molecular complexity index is 611. The first-order valence-corrected chi connectivity index (χ1v) is 7.07. The molecule has 3 heterocycles. The van der Waals surface area contributed by atoms with Crippen molar-refractivity contribution in [3.63, 3.8) is 0 Å². The normalized spacial score (nSPS) is 12.2. The smallest absolute Gasteiger partial charge is 0.229 e. The summed E-state index contributed by atoms with van der Waals surface area (Å²) in [6.07, 6.45) is 5.62. The van der Waals surface area contributed by atoms with E-state index in [4.69, 9.17) is 0 Å². The van der Waals surface area contributed by atoms with E-state index in [-0.39, 0.29) is 11.9 Å². The van der Waals surface area contributed by atoms with Gasteiger partial charge in [0.15, 0.2) is 0 Å². The standard InChI is InChI=1S/C13H13N5OS/c19-12(16-13-14-9-15-17-13)7-11(10-3-6-20-8-10)18-4-1-2-5-18/h1-6,8-9,11H,7H2,(H2,14,15,16,17,19)/t11-/m1/s1. The topological polar surface area (TPSA) is 75.6 Å². The van der Waals surface area contributed by atoms with E-state index in [2.05, 4.69) is 25.9 Å². The molecule has 20 heavy (non-hydrogen) atoms. The van der Waals surface area contributed by atoms with Gasteiger partial charge in [0.25, 0.3) is 0 Å². The average Bonchev–Trinajstić information content (AvgIpc) is 3.18. The molecule has 102 valence electrons. The Morgan fingerprint density at radius 1 is 1.45 bits per heavy atom. The van der Waals surface area contributed by atoms with Gasteiger partial charge >= 0.3 is 0 Å². The highest BCUT2D eigenvalue weighted by Crippen LogP contribution is 2.24. The summed E-state index contributed by atoms with van der Waals surface area (Å²) in [7, 11) is 0. The Hall–Kier alpha value is -2.41. The van der Waals surface area contributed by atoms with Crippen LogP contribution in [0.5, 0.6) is 0 Å². The van der Waals surface area contributed by atoms with Gasteiger partial charge in [-0.05, 0) is 34.5 Å². The number of aromatic nitrogens is 4. The lowest BCUT2D eigenvalue weighted by molar-refractivity contribution is -0.116. The van der Waals surface area contributed by atoms with Crippen LogP contribution in [0.4, 0.5) is 5.95 Å². The van der Waals surface area contributed by atoms with Crippen molar-refractivity contribution >= 4 is 23.2 Å². The van der Waals surface area contributed by atoms with Crippen LogP contribution >= 0.6 is 11.3 Å². The van der Waals surface area contributed by atoms with Crippen molar-refractivity contribution in [2.24, 2.45) is 0 Å². The van der Waals surface area contributed by atoms with E-state index in [1.165, 1.54) is 6.33 Å². The Balaban J connectivity index is 1.75. The summed E-state index contributed by atoms with van der Waals surface area (Å²) in [5.74, 6) is 0.262. The van der Waals surface area contributed by atoms with Crippen LogP contribution in [0, 0.1) is 0 Å². The largest absolute Gasteiger partial charge is 0.346 e. The highest BCUT2D eigenvalue weighted by Gasteiger charge is 2.18. The molecule has 0 radical (unpaired) electrons. The zero-order chi connectivity index (χ0) is 13.8. The van der Waals surface area contributed by atoms with Crippen LogP contribution in [0.3, 0.4) is 0 Å². The quantitative estimate of drug-likeness (QED) is 0.756. The summed E-state index contributed by atoms with van der Waals surface area (Å²) < 4.78 is 2.03. The van der Waals surface area contributed by atoms with Crippen molar-refractivity contribution in [3.05, 3.63) is 53.2 Å². The molecule has 0 aromatic carbocycles. The molecule has 1 amide bonds. The van der Waals surface area contributed by atoms with E-state index in [0.29, 0.717) is 12.4 Å². The van der Waals surface area contributed by atoms with Gasteiger partial charge in [0.05, 0.1) is 12.5 Å². The molecule has 0 aliphatic rings. The zero-order valence-corrected chi connectivity index (χ0v) is 11.4. The number of thiophene rings is 1. The maximum absolute atomic E-state index is 12.1. The number of hydrogen-bond acceptors (Lipinski definition) is 4. The molecule has 0 saturated heterocycles. The molecule has 0 fully saturated rings. The second-order valence-electron chi connectivity index (χ2n) is 4.29. The van der Waals surface area contributed by atoms with E-state index in [0.717, 1.165) is 5.56 Å². The Kier molecular flexibility index (Phi) is 3.60. The number of nitrogens with one attached hydrogen (secondary N) is 2. The van der Waals surface area contributed by atoms with Crippen molar-refractivity contribution in [2.45, 2.75) is 12.5 Å². The molecule has 3 aromatic heterocycles. The number of nitrogens with zero attached hydrogens (tertiary/aromatic N) is 3. The van der Waals surface area contributed by atoms with Crippen LogP contribution in [0.1, 0.15) is 18.0 Å². The van der Waals surface area contributed by atoms with Gasteiger partial charge in [-0.15, -0.1) is 0 Å². The molecule has 0 unspecified atom stereocenters. The third kappa shape index (κ3) is 2.77. The third-order valence-electron chi connectivity index (χ3n) is 2.97. The molecule has 7 heteroatoms. The number of anilines is 1. The second kappa shape index (κ2) is 5.70. The van der Waals surface area contributed by atoms with Gasteiger partial charge in [-0.3, -0.25) is 10.1 Å². The molecule has 6 nitrogen and oxygen atoms in total. The number of carbonyl (C=O) groups is 1. The van der Waals surface area contributed by atoms with E-state index < -0.39 is 0 Å². The SMILES string of the molecule is O=C(C[C@H](c1ccsc1)n1cccc1)Nc1ncn[nH]1. The molecule has 1 atom stereocenters. The summed E-state index contributed by atoms with van der Waals surface area (Å²) in [6.45, 7) is 0. The number of carbonyl (C=O) groups excluding carboxylic acids is 1. The fourth-order valence-electron chi connectivity index (χ4n) is 2.04. The molecule has 0 saturated carbocycles. The minimum absolute atomic E-state index is 0.0147. The molecule has 3 aromatic rings. The van der Waals surface area contributed by atoms with Crippen molar-refractivity contribution in [1.29, 1.82) is 0 Å². The van der Waals surface area contributed by atoms with Gasteiger partial charge in [0, 0.05) is 12.4 Å². The third-order valence-corrected chi connectivity index (χ3v) is 3.67. The van der Waals surface area contributed by atoms with Crippen LogP contribution < -0.4 is 5.32 Å². The first kappa shape index (κ1) is 12.6. The van der Waals surface area contributed by atoms with Crippen LogP contribution in [-0.2, 0) is 4.79 Å². The van der Waals surface area contributed by atoms with E-state index in [1.807, 2.05) is 40.5 Å². The number of rotatable bonds is 5. The van der Waals surface area contributed by atoms with Gasteiger partial charge in [0.1, 0.15) is 6.33 Å². The summed E-state index contributed by atoms with van der Waals surface area (Å²) >= 11 is 1.62. The lowest BCUT2D eigenvalue weighted by Gasteiger charge is -2.17. The zero-order valence-electron chi connectivity index (χ0n) is 10.6. The van der Waals surface area contributed by atoms with E-state index in [1.54, 1.807) is 11.3 Å².